The first-order chi connectivity index (χ1) is 13.4. The number of amides is 1. The minimum Gasteiger partial charge on any atom is -0.324 e. The molecule has 3 aromatic rings. The van der Waals surface area contributed by atoms with Crippen LogP contribution in [-0.2, 0) is 4.79 Å². The van der Waals surface area contributed by atoms with E-state index in [1.807, 2.05) is 45.0 Å². The van der Waals surface area contributed by atoms with Crippen molar-refractivity contribution in [1.29, 1.82) is 0 Å². The number of aryl methyl sites for hydroxylation is 1. The number of benzene rings is 2. The molecule has 1 heterocycles. The summed E-state index contributed by atoms with van der Waals surface area (Å²) >= 11 is 6.11. The molecule has 0 saturated carbocycles. The van der Waals surface area contributed by atoms with E-state index in [9.17, 15) is 9.59 Å². The van der Waals surface area contributed by atoms with Crippen molar-refractivity contribution in [1.82, 2.24) is 14.8 Å². The van der Waals surface area contributed by atoms with Crippen molar-refractivity contribution in [2.75, 3.05) is 5.32 Å². The van der Waals surface area contributed by atoms with Gasteiger partial charge >= 0.3 is 5.69 Å². The molecule has 0 spiro atoms. The van der Waals surface area contributed by atoms with Gasteiger partial charge in [-0.3, -0.25) is 4.79 Å². The Morgan fingerprint density at radius 2 is 1.89 bits per heavy atom. The van der Waals surface area contributed by atoms with Crippen molar-refractivity contribution in [3.05, 3.63) is 75.3 Å². The average molecular weight is 397 g/mol. The van der Waals surface area contributed by atoms with Gasteiger partial charge in [0.25, 0.3) is 0 Å². The molecule has 2 aromatic carbocycles. The summed E-state index contributed by atoms with van der Waals surface area (Å²) < 4.78 is 1.12. The molecule has 0 unspecified atom stereocenters. The summed E-state index contributed by atoms with van der Waals surface area (Å²) in [6, 6.07) is 12.2. The summed E-state index contributed by atoms with van der Waals surface area (Å²) in [4.78, 5) is 29.4. The molecule has 3 rings (SSSR count). The average Bonchev–Trinajstić information content (AvgIpc) is 2.68. The van der Waals surface area contributed by atoms with Crippen LogP contribution in [0.15, 0.2) is 53.5 Å². The van der Waals surface area contributed by atoms with Crippen LogP contribution in [0.2, 0.25) is 5.02 Å². The van der Waals surface area contributed by atoms with Gasteiger partial charge in [0.05, 0.1) is 11.9 Å². The standard InChI is InChI=1S/C21H21ClN4O2/c1-4-19(20(27)24-17-7-5-6-16(22)14(17)3)26-21(28)25-18(12-23-26)15-10-8-13(2)9-11-15/h5-12,19H,4H2,1-3H3,(H,24,27)/t19-/m0/s1. The topological polar surface area (TPSA) is 76.9 Å². The Kier molecular flexibility index (Phi) is 5.90. The van der Waals surface area contributed by atoms with Crippen molar-refractivity contribution in [2.45, 2.75) is 33.2 Å². The summed E-state index contributed by atoms with van der Waals surface area (Å²) in [7, 11) is 0. The van der Waals surface area contributed by atoms with Gasteiger partial charge in [-0.2, -0.15) is 10.1 Å². The first-order valence-corrected chi connectivity index (χ1v) is 9.37. The molecule has 0 bridgehead atoms. The maximum absolute atomic E-state index is 12.8. The smallest absolute Gasteiger partial charge is 0.324 e. The van der Waals surface area contributed by atoms with Crippen LogP contribution in [-0.4, -0.2) is 20.7 Å². The lowest BCUT2D eigenvalue weighted by molar-refractivity contribution is -0.119. The molecule has 144 valence electrons. The Bertz CT molecular complexity index is 1060. The van der Waals surface area contributed by atoms with E-state index < -0.39 is 11.7 Å². The molecule has 1 aromatic heterocycles. The summed E-state index contributed by atoms with van der Waals surface area (Å²) in [6.07, 6.45) is 1.90. The maximum Gasteiger partial charge on any atom is 0.365 e. The van der Waals surface area contributed by atoms with Gasteiger partial charge in [-0.15, -0.1) is 0 Å². The zero-order chi connectivity index (χ0) is 20.3. The van der Waals surface area contributed by atoms with Crippen LogP contribution in [0.25, 0.3) is 11.3 Å². The number of nitrogens with one attached hydrogen (secondary N) is 1. The van der Waals surface area contributed by atoms with Crippen LogP contribution in [0.3, 0.4) is 0 Å². The highest BCUT2D eigenvalue weighted by atomic mass is 35.5. The third-order valence-electron chi connectivity index (χ3n) is 4.57. The lowest BCUT2D eigenvalue weighted by Gasteiger charge is -2.17. The second kappa shape index (κ2) is 8.35. The zero-order valence-corrected chi connectivity index (χ0v) is 16.7. The minimum absolute atomic E-state index is 0.340. The zero-order valence-electron chi connectivity index (χ0n) is 15.9. The SMILES string of the molecule is CC[C@@H](C(=O)Nc1cccc(Cl)c1C)n1ncc(-c2ccc(C)cc2)nc1=O. The summed E-state index contributed by atoms with van der Waals surface area (Å²) in [6.45, 7) is 5.62. The molecule has 0 saturated heterocycles. The number of rotatable bonds is 5. The Labute approximate surface area is 168 Å². The van der Waals surface area contributed by atoms with Gasteiger partial charge in [-0.05, 0) is 38.0 Å². The van der Waals surface area contributed by atoms with Crippen LogP contribution < -0.4 is 11.0 Å². The van der Waals surface area contributed by atoms with Gasteiger partial charge in [0.15, 0.2) is 0 Å². The lowest BCUT2D eigenvalue weighted by Crippen LogP contribution is -2.36. The van der Waals surface area contributed by atoms with Crippen molar-refractivity contribution in [2.24, 2.45) is 0 Å². The first kappa shape index (κ1) is 19.8. The predicted molar refractivity (Wildman–Crippen MR) is 111 cm³/mol. The monoisotopic (exact) mass is 396 g/mol. The number of anilines is 1. The molecule has 1 N–H and O–H groups in total. The minimum atomic E-state index is -0.773. The van der Waals surface area contributed by atoms with Gasteiger partial charge in [0.1, 0.15) is 6.04 Å². The van der Waals surface area contributed by atoms with E-state index in [-0.39, 0.29) is 5.91 Å². The van der Waals surface area contributed by atoms with E-state index in [1.165, 1.54) is 6.20 Å². The highest BCUT2D eigenvalue weighted by Crippen LogP contribution is 2.24. The highest BCUT2D eigenvalue weighted by Gasteiger charge is 2.22. The van der Waals surface area contributed by atoms with Crippen LogP contribution in [0.4, 0.5) is 5.69 Å². The lowest BCUT2D eigenvalue weighted by atomic mass is 10.1. The normalized spacial score (nSPS) is 11.9. The number of aromatic nitrogens is 3. The van der Waals surface area contributed by atoms with Gasteiger partial charge in [0, 0.05) is 16.3 Å². The second-order valence-corrected chi connectivity index (χ2v) is 6.97. The third-order valence-corrected chi connectivity index (χ3v) is 4.98. The van der Waals surface area contributed by atoms with Gasteiger partial charge in [0.2, 0.25) is 5.91 Å². The molecule has 0 radical (unpaired) electrons. The van der Waals surface area contributed by atoms with Crippen molar-refractivity contribution < 1.29 is 4.79 Å². The first-order valence-electron chi connectivity index (χ1n) is 8.99. The molecule has 6 nitrogen and oxygen atoms in total. The van der Waals surface area contributed by atoms with Crippen LogP contribution in [0.5, 0.6) is 0 Å². The van der Waals surface area contributed by atoms with E-state index in [0.717, 1.165) is 21.4 Å². The van der Waals surface area contributed by atoms with Crippen molar-refractivity contribution in [3.8, 4) is 11.3 Å². The molecule has 0 aliphatic heterocycles. The predicted octanol–water partition coefficient (Wildman–Crippen LogP) is 4.17. The summed E-state index contributed by atoms with van der Waals surface area (Å²) in [5.74, 6) is -0.340. The fourth-order valence-corrected chi connectivity index (χ4v) is 3.03. The van der Waals surface area contributed by atoms with Gasteiger partial charge in [-0.1, -0.05) is 54.4 Å². The number of carbonyl (C=O) groups excluding carboxylic acids is 1. The molecular formula is C21H21ClN4O2. The van der Waals surface area contributed by atoms with E-state index in [0.29, 0.717) is 22.8 Å². The quantitative estimate of drug-likeness (QED) is 0.702. The molecule has 0 aliphatic rings. The fraction of sp³-hybridized carbons (Fsp3) is 0.238. The molecule has 0 fully saturated rings. The fourth-order valence-electron chi connectivity index (χ4n) is 2.85. The highest BCUT2D eigenvalue weighted by molar-refractivity contribution is 6.31. The Morgan fingerprint density at radius 1 is 1.18 bits per heavy atom. The largest absolute Gasteiger partial charge is 0.365 e. The van der Waals surface area contributed by atoms with Crippen LogP contribution in [0, 0.1) is 13.8 Å². The van der Waals surface area contributed by atoms with Crippen LogP contribution in [0.1, 0.15) is 30.5 Å². The molecular weight excluding hydrogens is 376 g/mol. The molecule has 1 atom stereocenters. The molecule has 7 heteroatoms. The Morgan fingerprint density at radius 3 is 2.54 bits per heavy atom. The maximum atomic E-state index is 12.8. The number of hydrogen-bond acceptors (Lipinski definition) is 4. The number of nitrogens with zero attached hydrogens (tertiary/aromatic N) is 3. The van der Waals surface area contributed by atoms with Gasteiger partial charge in [-0.25, -0.2) is 9.48 Å². The van der Waals surface area contributed by atoms with E-state index in [2.05, 4.69) is 15.4 Å². The summed E-state index contributed by atoms with van der Waals surface area (Å²) in [5, 5.41) is 7.60. The van der Waals surface area contributed by atoms with E-state index >= 15 is 0 Å². The van der Waals surface area contributed by atoms with Crippen LogP contribution >= 0.6 is 11.6 Å². The molecule has 1 amide bonds. The number of hydrogen-bond donors (Lipinski definition) is 1. The van der Waals surface area contributed by atoms with E-state index in [1.54, 1.807) is 18.2 Å². The second-order valence-electron chi connectivity index (χ2n) is 6.56. The van der Waals surface area contributed by atoms with Crippen molar-refractivity contribution >= 4 is 23.2 Å². The summed E-state index contributed by atoms with van der Waals surface area (Å²) in [5.41, 5.74) is 3.19. The van der Waals surface area contributed by atoms with Crippen molar-refractivity contribution in [3.63, 3.8) is 0 Å². The Balaban J connectivity index is 1.87. The third kappa shape index (κ3) is 4.12. The number of halogens is 1. The Hall–Kier alpha value is -2.99. The van der Waals surface area contributed by atoms with Gasteiger partial charge < -0.3 is 5.32 Å². The van der Waals surface area contributed by atoms with E-state index in [4.69, 9.17) is 11.6 Å². The molecule has 0 aliphatic carbocycles. The number of carbonyl (C=O) groups is 1. The molecule has 28 heavy (non-hydrogen) atoms.